The Hall–Kier alpha value is -2.69. The summed E-state index contributed by atoms with van der Waals surface area (Å²) < 4.78 is 1.80. The van der Waals surface area contributed by atoms with E-state index in [1.54, 1.807) is 16.9 Å². The number of rotatable bonds is 4. The summed E-state index contributed by atoms with van der Waals surface area (Å²) in [6, 6.07) is 11.9. The standard InChI is InChI=1S/C16H16N4O/c1-2-15(21)18-14-8-10-20(19-14)11-13-6-3-5-12-7-4-9-17-16(12)13/h3-10H,2,11H2,1H3,(H,18,19,21). The van der Waals surface area contributed by atoms with Gasteiger partial charge in [0.2, 0.25) is 5.91 Å². The maximum atomic E-state index is 11.4. The van der Waals surface area contributed by atoms with Crippen molar-refractivity contribution in [1.82, 2.24) is 14.8 Å². The minimum absolute atomic E-state index is 0.0351. The molecule has 0 fully saturated rings. The first kappa shape index (κ1) is 13.3. The quantitative estimate of drug-likeness (QED) is 0.799. The molecule has 0 unspecified atom stereocenters. The molecule has 0 bridgehead atoms. The van der Waals surface area contributed by atoms with Crippen LogP contribution in [0.4, 0.5) is 5.82 Å². The third kappa shape index (κ3) is 2.91. The van der Waals surface area contributed by atoms with Crippen molar-refractivity contribution in [3.05, 3.63) is 54.4 Å². The van der Waals surface area contributed by atoms with Crippen LogP contribution in [-0.4, -0.2) is 20.7 Å². The molecule has 0 radical (unpaired) electrons. The number of nitrogens with one attached hydrogen (secondary N) is 1. The van der Waals surface area contributed by atoms with Gasteiger partial charge >= 0.3 is 0 Å². The molecule has 0 aliphatic carbocycles. The zero-order valence-corrected chi connectivity index (χ0v) is 11.8. The molecule has 106 valence electrons. The number of para-hydroxylation sites is 1. The van der Waals surface area contributed by atoms with Gasteiger partial charge in [0, 0.05) is 30.3 Å². The van der Waals surface area contributed by atoms with E-state index in [0.29, 0.717) is 18.8 Å². The molecule has 0 aliphatic rings. The number of fused-ring (bicyclic) bond motifs is 1. The molecule has 2 heterocycles. The Labute approximate surface area is 122 Å². The van der Waals surface area contributed by atoms with Crippen LogP contribution >= 0.6 is 0 Å². The van der Waals surface area contributed by atoms with Crippen molar-refractivity contribution in [2.24, 2.45) is 0 Å². The second-order valence-electron chi connectivity index (χ2n) is 4.79. The van der Waals surface area contributed by atoms with Crippen molar-refractivity contribution < 1.29 is 4.79 Å². The Kier molecular flexibility index (Phi) is 3.64. The summed E-state index contributed by atoms with van der Waals surface area (Å²) in [6.07, 6.45) is 4.09. The van der Waals surface area contributed by atoms with Gasteiger partial charge in [-0.1, -0.05) is 31.2 Å². The highest BCUT2D eigenvalue weighted by Crippen LogP contribution is 2.17. The van der Waals surface area contributed by atoms with E-state index >= 15 is 0 Å². The lowest BCUT2D eigenvalue weighted by Crippen LogP contribution is -2.10. The number of hydrogen-bond donors (Lipinski definition) is 1. The molecule has 0 aliphatic heterocycles. The minimum Gasteiger partial charge on any atom is -0.309 e. The maximum absolute atomic E-state index is 11.4. The molecule has 3 aromatic rings. The van der Waals surface area contributed by atoms with Gasteiger partial charge in [0.05, 0.1) is 12.1 Å². The monoisotopic (exact) mass is 280 g/mol. The van der Waals surface area contributed by atoms with Gasteiger partial charge in [-0.3, -0.25) is 14.5 Å². The fraction of sp³-hybridized carbons (Fsp3) is 0.188. The molecular weight excluding hydrogens is 264 g/mol. The number of aromatic nitrogens is 3. The second-order valence-corrected chi connectivity index (χ2v) is 4.79. The number of pyridine rings is 1. The van der Waals surface area contributed by atoms with Gasteiger partial charge in [-0.2, -0.15) is 5.10 Å². The summed E-state index contributed by atoms with van der Waals surface area (Å²) in [5, 5.41) is 8.22. The average Bonchev–Trinajstić information content (AvgIpc) is 2.94. The predicted octanol–water partition coefficient (Wildman–Crippen LogP) is 2.83. The SMILES string of the molecule is CCC(=O)Nc1ccn(Cc2cccc3cccnc23)n1. The molecule has 5 heteroatoms. The van der Waals surface area contributed by atoms with Crippen LogP contribution in [0.2, 0.25) is 0 Å². The summed E-state index contributed by atoms with van der Waals surface area (Å²) in [5.41, 5.74) is 2.08. The van der Waals surface area contributed by atoms with Crippen LogP contribution in [-0.2, 0) is 11.3 Å². The topological polar surface area (TPSA) is 59.8 Å². The smallest absolute Gasteiger partial charge is 0.225 e. The highest BCUT2D eigenvalue weighted by molar-refractivity contribution is 5.89. The molecule has 1 aromatic carbocycles. The average molecular weight is 280 g/mol. The van der Waals surface area contributed by atoms with Crippen LogP contribution in [0.1, 0.15) is 18.9 Å². The van der Waals surface area contributed by atoms with Crippen LogP contribution in [0, 0.1) is 0 Å². The number of benzene rings is 1. The first-order valence-electron chi connectivity index (χ1n) is 6.92. The lowest BCUT2D eigenvalue weighted by molar-refractivity contribution is -0.115. The van der Waals surface area contributed by atoms with E-state index < -0.39 is 0 Å². The van der Waals surface area contributed by atoms with E-state index in [9.17, 15) is 4.79 Å². The zero-order valence-electron chi connectivity index (χ0n) is 11.8. The number of amides is 1. The molecule has 21 heavy (non-hydrogen) atoms. The third-order valence-electron chi connectivity index (χ3n) is 3.28. The molecule has 3 rings (SSSR count). The highest BCUT2D eigenvalue weighted by atomic mass is 16.1. The van der Waals surface area contributed by atoms with Gasteiger partial charge in [0.15, 0.2) is 5.82 Å². The molecule has 1 N–H and O–H groups in total. The van der Waals surface area contributed by atoms with Crippen molar-refractivity contribution in [2.45, 2.75) is 19.9 Å². The van der Waals surface area contributed by atoms with Crippen molar-refractivity contribution in [1.29, 1.82) is 0 Å². The Morgan fingerprint density at radius 3 is 2.95 bits per heavy atom. The fourth-order valence-corrected chi connectivity index (χ4v) is 2.22. The van der Waals surface area contributed by atoms with Crippen LogP contribution in [0.15, 0.2) is 48.8 Å². The Morgan fingerprint density at radius 1 is 1.24 bits per heavy atom. The molecule has 0 spiro atoms. The molecule has 0 saturated carbocycles. The Morgan fingerprint density at radius 2 is 2.10 bits per heavy atom. The number of nitrogens with zero attached hydrogens (tertiary/aromatic N) is 3. The largest absolute Gasteiger partial charge is 0.309 e. The molecular formula is C16H16N4O. The number of anilines is 1. The van der Waals surface area contributed by atoms with Crippen molar-refractivity contribution in [3.8, 4) is 0 Å². The molecule has 0 saturated heterocycles. The number of carbonyl (C=O) groups excluding carboxylic acids is 1. The summed E-state index contributed by atoms with van der Waals surface area (Å²) in [7, 11) is 0. The van der Waals surface area contributed by atoms with Crippen LogP contribution < -0.4 is 5.32 Å². The first-order valence-corrected chi connectivity index (χ1v) is 6.92. The van der Waals surface area contributed by atoms with Crippen LogP contribution in [0.5, 0.6) is 0 Å². The number of hydrogen-bond acceptors (Lipinski definition) is 3. The Balaban J connectivity index is 1.84. The van der Waals surface area contributed by atoms with Crippen LogP contribution in [0.3, 0.4) is 0 Å². The molecule has 0 atom stereocenters. The zero-order chi connectivity index (χ0) is 14.7. The number of carbonyl (C=O) groups is 1. The normalized spacial score (nSPS) is 10.7. The van der Waals surface area contributed by atoms with Crippen molar-refractivity contribution in [3.63, 3.8) is 0 Å². The van der Waals surface area contributed by atoms with E-state index in [1.807, 2.05) is 43.5 Å². The van der Waals surface area contributed by atoms with Gasteiger partial charge in [0.25, 0.3) is 0 Å². The second kappa shape index (κ2) is 5.75. The van der Waals surface area contributed by atoms with E-state index in [2.05, 4.69) is 15.4 Å². The van der Waals surface area contributed by atoms with E-state index in [0.717, 1.165) is 16.5 Å². The van der Waals surface area contributed by atoms with Crippen molar-refractivity contribution >= 4 is 22.6 Å². The van der Waals surface area contributed by atoms with Gasteiger partial charge in [-0.15, -0.1) is 0 Å². The van der Waals surface area contributed by atoms with E-state index in [4.69, 9.17) is 0 Å². The van der Waals surface area contributed by atoms with Gasteiger partial charge in [-0.05, 0) is 11.6 Å². The van der Waals surface area contributed by atoms with Crippen LogP contribution in [0.25, 0.3) is 10.9 Å². The molecule has 2 aromatic heterocycles. The van der Waals surface area contributed by atoms with E-state index in [1.165, 1.54) is 0 Å². The summed E-state index contributed by atoms with van der Waals surface area (Å²) >= 11 is 0. The van der Waals surface area contributed by atoms with Crippen molar-refractivity contribution in [2.75, 3.05) is 5.32 Å². The molecule has 1 amide bonds. The molecule has 5 nitrogen and oxygen atoms in total. The van der Waals surface area contributed by atoms with Gasteiger partial charge in [0.1, 0.15) is 0 Å². The minimum atomic E-state index is -0.0351. The lowest BCUT2D eigenvalue weighted by atomic mass is 10.1. The van der Waals surface area contributed by atoms with Gasteiger partial charge < -0.3 is 5.32 Å². The summed E-state index contributed by atoms with van der Waals surface area (Å²) in [6.45, 7) is 2.43. The van der Waals surface area contributed by atoms with E-state index in [-0.39, 0.29) is 5.91 Å². The summed E-state index contributed by atoms with van der Waals surface area (Å²) in [5.74, 6) is 0.544. The maximum Gasteiger partial charge on any atom is 0.225 e. The lowest BCUT2D eigenvalue weighted by Gasteiger charge is -2.06. The highest BCUT2D eigenvalue weighted by Gasteiger charge is 2.06. The third-order valence-corrected chi connectivity index (χ3v) is 3.28. The Bertz CT molecular complexity index is 773. The fourth-order valence-electron chi connectivity index (χ4n) is 2.22. The first-order chi connectivity index (χ1) is 10.3. The predicted molar refractivity (Wildman–Crippen MR) is 82.0 cm³/mol. The van der Waals surface area contributed by atoms with Gasteiger partial charge in [-0.25, -0.2) is 0 Å². The summed E-state index contributed by atoms with van der Waals surface area (Å²) in [4.78, 5) is 15.8.